The number of carbonyl (C=O) groups excluding carboxylic acids is 2. The normalized spacial score (nSPS) is 15.1. The molecule has 1 aliphatic carbocycles. The van der Waals surface area contributed by atoms with Crippen LogP contribution in [0.15, 0.2) is 54.6 Å². The van der Waals surface area contributed by atoms with Crippen LogP contribution in [-0.2, 0) is 17.9 Å². The molecule has 0 heterocycles. The number of alkyl halides is 3. The summed E-state index contributed by atoms with van der Waals surface area (Å²) in [5.41, 5.74) is 0.533. The maximum absolute atomic E-state index is 13.0. The van der Waals surface area contributed by atoms with Gasteiger partial charge in [-0.2, -0.15) is 13.2 Å². The average molecular weight is 449 g/mol. The van der Waals surface area contributed by atoms with E-state index in [9.17, 15) is 22.8 Å². The number of benzene rings is 2. The lowest BCUT2D eigenvalue weighted by molar-refractivity contribution is -0.153. The SMILES string of the molecule is O=C(NCc1ccccc1)NC1(C(=O)NCc2cccc(OCC(F)(F)F)c2)CCCC1. The molecular weight excluding hydrogens is 423 g/mol. The Bertz CT molecular complexity index is 913. The van der Waals surface area contributed by atoms with Crippen LogP contribution in [0.2, 0.25) is 0 Å². The van der Waals surface area contributed by atoms with Crippen LogP contribution in [0.1, 0.15) is 36.8 Å². The van der Waals surface area contributed by atoms with Gasteiger partial charge in [0.25, 0.3) is 0 Å². The Morgan fingerprint density at radius 1 is 0.906 bits per heavy atom. The summed E-state index contributed by atoms with van der Waals surface area (Å²) in [4.78, 5) is 25.4. The molecule has 9 heteroatoms. The lowest BCUT2D eigenvalue weighted by Crippen LogP contribution is -2.59. The highest BCUT2D eigenvalue weighted by molar-refractivity contribution is 5.91. The van der Waals surface area contributed by atoms with Crippen molar-refractivity contribution in [3.05, 3.63) is 65.7 Å². The smallest absolute Gasteiger partial charge is 0.422 e. The zero-order valence-corrected chi connectivity index (χ0v) is 17.5. The summed E-state index contributed by atoms with van der Waals surface area (Å²) in [5, 5.41) is 8.41. The van der Waals surface area contributed by atoms with Crippen molar-refractivity contribution in [2.45, 2.75) is 50.5 Å². The molecule has 2 aromatic carbocycles. The highest BCUT2D eigenvalue weighted by Crippen LogP contribution is 2.30. The molecule has 3 amide bonds. The van der Waals surface area contributed by atoms with E-state index in [-0.39, 0.29) is 18.2 Å². The standard InChI is InChI=1S/C23H26F3N3O3/c24-23(25,26)16-32-19-10-6-9-18(13-19)15-27-20(30)22(11-4-5-12-22)29-21(31)28-14-17-7-2-1-3-8-17/h1-3,6-10,13H,4-5,11-12,14-16H2,(H,27,30)(H2,28,29,31). The van der Waals surface area contributed by atoms with Crippen molar-refractivity contribution >= 4 is 11.9 Å². The molecule has 0 bridgehead atoms. The van der Waals surface area contributed by atoms with E-state index in [4.69, 9.17) is 4.74 Å². The summed E-state index contributed by atoms with van der Waals surface area (Å²) < 4.78 is 41.8. The second-order valence-corrected chi connectivity index (χ2v) is 7.82. The van der Waals surface area contributed by atoms with Crippen LogP contribution < -0.4 is 20.7 Å². The van der Waals surface area contributed by atoms with Crippen molar-refractivity contribution in [2.75, 3.05) is 6.61 Å². The van der Waals surface area contributed by atoms with E-state index in [1.54, 1.807) is 12.1 Å². The fourth-order valence-corrected chi connectivity index (χ4v) is 3.69. The molecule has 3 rings (SSSR count). The van der Waals surface area contributed by atoms with Crippen molar-refractivity contribution in [3.8, 4) is 5.75 Å². The maximum atomic E-state index is 13.0. The molecule has 0 unspecified atom stereocenters. The fourth-order valence-electron chi connectivity index (χ4n) is 3.69. The van der Waals surface area contributed by atoms with Crippen LogP contribution in [-0.4, -0.2) is 30.3 Å². The van der Waals surface area contributed by atoms with Gasteiger partial charge in [-0.1, -0.05) is 55.3 Å². The Kier molecular flexibility index (Phi) is 7.61. The lowest BCUT2D eigenvalue weighted by Gasteiger charge is -2.29. The average Bonchev–Trinajstić information content (AvgIpc) is 3.25. The van der Waals surface area contributed by atoms with Crippen LogP contribution in [0.5, 0.6) is 5.75 Å². The maximum Gasteiger partial charge on any atom is 0.422 e. The molecular formula is C23H26F3N3O3. The Labute approximate surface area is 184 Å². The molecule has 3 N–H and O–H groups in total. The van der Waals surface area contributed by atoms with E-state index in [1.165, 1.54) is 12.1 Å². The van der Waals surface area contributed by atoms with Crippen LogP contribution >= 0.6 is 0 Å². The molecule has 1 saturated carbocycles. The molecule has 1 fully saturated rings. The predicted octanol–water partition coefficient (Wildman–Crippen LogP) is 4.06. The third-order valence-corrected chi connectivity index (χ3v) is 5.29. The van der Waals surface area contributed by atoms with E-state index in [2.05, 4.69) is 16.0 Å². The zero-order valence-electron chi connectivity index (χ0n) is 17.5. The van der Waals surface area contributed by atoms with E-state index >= 15 is 0 Å². The third-order valence-electron chi connectivity index (χ3n) is 5.29. The van der Waals surface area contributed by atoms with Gasteiger partial charge in [0.2, 0.25) is 5.91 Å². The van der Waals surface area contributed by atoms with Crippen molar-refractivity contribution in [1.29, 1.82) is 0 Å². The van der Waals surface area contributed by atoms with Crippen LogP contribution in [0.25, 0.3) is 0 Å². The Morgan fingerprint density at radius 3 is 2.25 bits per heavy atom. The number of carbonyl (C=O) groups is 2. The quantitative estimate of drug-likeness (QED) is 0.569. The van der Waals surface area contributed by atoms with E-state index in [0.29, 0.717) is 24.9 Å². The monoisotopic (exact) mass is 449 g/mol. The van der Waals surface area contributed by atoms with Gasteiger partial charge in [-0.25, -0.2) is 4.79 Å². The van der Waals surface area contributed by atoms with Gasteiger partial charge in [0.05, 0.1) is 0 Å². The first-order chi connectivity index (χ1) is 15.3. The van der Waals surface area contributed by atoms with Gasteiger partial charge in [-0.05, 0) is 36.1 Å². The summed E-state index contributed by atoms with van der Waals surface area (Å²) in [7, 11) is 0. The number of ether oxygens (including phenoxy) is 1. The third kappa shape index (κ3) is 6.90. The van der Waals surface area contributed by atoms with Crippen molar-refractivity contribution in [3.63, 3.8) is 0 Å². The van der Waals surface area contributed by atoms with E-state index < -0.39 is 24.4 Å². The molecule has 172 valence electrons. The highest BCUT2D eigenvalue weighted by atomic mass is 19.4. The minimum atomic E-state index is -4.42. The summed E-state index contributed by atoms with van der Waals surface area (Å²) >= 11 is 0. The molecule has 6 nitrogen and oxygen atoms in total. The summed E-state index contributed by atoms with van der Waals surface area (Å²) in [6, 6.07) is 15.1. The van der Waals surface area contributed by atoms with Gasteiger partial charge in [0.15, 0.2) is 6.61 Å². The molecule has 1 aliphatic rings. The number of nitrogens with one attached hydrogen (secondary N) is 3. The van der Waals surface area contributed by atoms with E-state index in [0.717, 1.165) is 18.4 Å². The highest BCUT2D eigenvalue weighted by Gasteiger charge is 2.42. The van der Waals surface area contributed by atoms with Crippen LogP contribution in [0, 0.1) is 0 Å². The minimum Gasteiger partial charge on any atom is -0.484 e. The number of amides is 3. The van der Waals surface area contributed by atoms with Crippen LogP contribution in [0.4, 0.5) is 18.0 Å². The van der Waals surface area contributed by atoms with E-state index in [1.807, 2.05) is 30.3 Å². The van der Waals surface area contributed by atoms with Gasteiger partial charge in [0.1, 0.15) is 11.3 Å². The number of halogens is 3. The molecule has 0 atom stereocenters. The molecule has 0 radical (unpaired) electrons. The molecule has 2 aromatic rings. The minimum absolute atomic E-state index is 0.0723. The Morgan fingerprint density at radius 2 is 1.56 bits per heavy atom. The molecule has 0 aromatic heterocycles. The number of hydrogen-bond acceptors (Lipinski definition) is 3. The van der Waals surface area contributed by atoms with Gasteiger partial charge in [0, 0.05) is 13.1 Å². The van der Waals surface area contributed by atoms with Gasteiger partial charge >= 0.3 is 12.2 Å². The lowest BCUT2D eigenvalue weighted by atomic mass is 9.96. The fraction of sp³-hybridized carbons (Fsp3) is 0.391. The second kappa shape index (κ2) is 10.4. The number of rotatable bonds is 8. The number of hydrogen-bond donors (Lipinski definition) is 3. The van der Waals surface area contributed by atoms with Crippen molar-refractivity contribution in [2.24, 2.45) is 0 Å². The topological polar surface area (TPSA) is 79.5 Å². The first-order valence-electron chi connectivity index (χ1n) is 10.4. The predicted molar refractivity (Wildman–Crippen MR) is 113 cm³/mol. The van der Waals surface area contributed by atoms with Crippen molar-refractivity contribution in [1.82, 2.24) is 16.0 Å². The van der Waals surface area contributed by atoms with Gasteiger partial charge in [-0.15, -0.1) is 0 Å². The molecule has 0 spiro atoms. The largest absolute Gasteiger partial charge is 0.484 e. The van der Waals surface area contributed by atoms with Gasteiger partial charge in [-0.3, -0.25) is 4.79 Å². The number of urea groups is 1. The summed E-state index contributed by atoms with van der Waals surface area (Å²) in [6.07, 6.45) is -1.76. The summed E-state index contributed by atoms with van der Waals surface area (Å²) in [6.45, 7) is -0.930. The van der Waals surface area contributed by atoms with Crippen LogP contribution in [0.3, 0.4) is 0 Å². The Balaban J connectivity index is 1.55. The second-order valence-electron chi connectivity index (χ2n) is 7.82. The molecule has 0 aliphatic heterocycles. The summed E-state index contributed by atoms with van der Waals surface area (Å²) in [5.74, 6) is -0.241. The van der Waals surface area contributed by atoms with Crippen molar-refractivity contribution < 1.29 is 27.5 Å². The zero-order chi connectivity index (χ0) is 23.0. The Hall–Kier alpha value is -3.23. The molecule has 32 heavy (non-hydrogen) atoms. The first kappa shape index (κ1) is 23.4. The first-order valence-corrected chi connectivity index (χ1v) is 10.4. The van der Waals surface area contributed by atoms with Gasteiger partial charge < -0.3 is 20.7 Å². The molecule has 0 saturated heterocycles.